The lowest BCUT2D eigenvalue weighted by atomic mass is 9.93. The maximum absolute atomic E-state index is 12.2. The molecule has 32 heavy (non-hydrogen) atoms. The number of hydrogen-bond donors (Lipinski definition) is 1. The quantitative estimate of drug-likeness (QED) is 0.608. The first kappa shape index (κ1) is 21.8. The average Bonchev–Trinajstić information content (AvgIpc) is 2.84. The predicted octanol–water partition coefficient (Wildman–Crippen LogP) is 3.24. The Hall–Kier alpha value is -3.39. The summed E-state index contributed by atoms with van der Waals surface area (Å²) in [7, 11) is 4.86. The number of likely N-dealkylation sites (tertiary alicyclic amines) is 1. The third-order valence-electron chi connectivity index (χ3n) is 5.83. The van der Waals surface area contributed by atoms with E-state index in [0.717, 1.165) is 49.3 Å². The molecule has 1 aliphatic heterocycles. The van der Waals surface area contributed by atoms with Crippen LogP contribution in [-0.4, -0.2) is 54.3 Å². The van der Waals surface area contributed by atoms with E-state index in [4.69, 9.17) is 19.2 Å². The highest BCUT2D eigenvalue weighted by atomic mass is 16.5. The van der Waals surface area contributed by atoms with E-state index in [9.17, 15) is 4.79 Å². The number of nitrogens with zero attached hydrogens (tertiary/aromatic N) is 3. The molecule has 0 spiro atoms. The number of nitrogens with one attached hydrogen (secondary N) is 1. The third kappa shape index (κ3) is 4.75. The van der Waals surface area contributed by atoms with Gasteiger partial charge in [-0.05, 0) is 55.8 Å². The number of pyridine rings is 1. The van der Waals surface area contributed by atoms with Crippen LogP contribution in [0.15, 0.2) is 47.5 Å². The Bertz CT molecular complexity index is 1080. The first-order chi connectivity index (χ1) is 15.6. The van der Waals surface area contributed by atoms with Crippen molar-refractivity contribution in [2.24, 2.45) is 0 Å². The van der Waals surface area contributed by atoms with Gasteiger partial charge in [-0.15, -0.1) is 0 Å². The molecule has 1 saturated heterocycles. The highest BCUT2D eigenvalue weighted by Gasteiger charge is 2.23. The third-order valence-corrected chi connectivity index (χ3v) is 5.83. The molecule has 1 aromatic carbocycles. The number of aromatic amines is 1. The summed E-state index contributed by atoms with van der Waals surface area (Å²) < 4.78 is 16.4. The van der Waals surface area contributed by atoms with E-state index >= 15 is 0 Å². The van der Waals surface area contributed by atoms with Crippen molar-refractivity contribution < 1.29 is 14.2 Å². The van der Waals surface area contributed by atoms with Crippen molar-refractivity contribution in [3.63, 3.8) is 0 Å². The molecule has 4 rings (SSSR count). The van der Waals surface area contributed by atoms with Crippen LogP contribution in [0.5, 0.6) is 17.2 Å². The van der Waals surface area contributed by atoms with Crippen molar-refractivity contribution in [3.8, 4) is 28.6 Å². The van der Waals surface area contributed by atoms with E-state index in [1.54, 1.807) is 39.8 Å². The highest BCUT2D eigenvalue weighted by molar-refractivity contribution is 5.54. The first-order valence-electron chi connectivity index (χ1n) is 10.6. The fraction of sp³-hybridized carbons (Fsp3) is 0.375. The SMILES string of the molecule is COc1cc(CN2CCC(c3cc(=O)[nH]c(-c4cccnc4)n3)CC2)cc(OC)c1OC. The Morgan fingerprint density at radius 2 is 1.78 bits per heavy atom. The van der Waals surface area contributed by atoms with Gasteiger partial charge in [0.15, 0.2) is 11.5 Å². The number of rotatable bonds is 7. The number of benzene rings is 1. The van der Waals surface area contributed by atoms with E-state index in [-0.39, 0.29) is 11.5 Å². The molecule has 3 heterocycles. The molecule has 0 atom stereocenters. The molecular formula is C24H28N4O4. The molecule has 0 radical (unpaired) electrons. The lowest BCUT2D eigenvalue weighted by Crippen LogP contribution is -2.33. The number of H-pyrrole nitrogens is 1. The van der Waals surface area contributed by atoms with E-state index < -0.39 is 0 Å². The molecule has 8 nitrogen and oxygen atoms in total. The summed E-state index contributed by atoms with van der Waals surface area (Å²) in [5.41, 5.74) is 2.63. The molecule has 1 N–H and O–H groups in total. The van der Waals surface area contributed by atoms with Crippen LogP contribution in [0.4, 0.5) is 0 Å². The summed E-state index contributed by atoms with van der Waals surface area (Å²) in [6.45, 7) is 2.61. The standard InChI is InChI=1S/C24H28N4O4/c1-30-20-11-16(12-21(31-2)23(20)32-3)15-28-9-6-17(7-10-28)19-13-22(29)27-24(26-19)18-5-4-8-25-14-18/h4-5,8,11-14,17H,6-7,9-10,15H2,1-3H3,(H,26,27,29). The van der Waals surface area contributed by atoms with Gasteiger partial charge in [-0.1, -0.05) is 0 Å². The van der Waals surface area contributed by atoms with Gasteiger partial charge in [0.2, 0.25) is 5.75 Å². The van der Waals surface area contributed by atoms with Crippen molar-refractivity contribution in [1.82, 2.24) is 19.9 Å². The average molecular weight is 437 g/mol. The Balaban J connectivity index is 1.45. The molecule has 0 saturated carbocycles. The van der Waals surface area contributed by atoms with Crippen LogP contribution in [0, 0.1) is 0 Å². The highest BCUT2D eigenvalue weighted by Crippen LogP contribution is 2.39. The number of aromatic nitrogens is 3. The van der Waals surface area contributed by atoms with Gasteiger partial charge in [-0.3, -0.25) is 14.7 Å². The zero-order valence-electron chi connectivity index (χ0n) is 18.6. The largest absolute Gasteiger partial charge is 0.493 e. The van der Waals surface area contributed by atoms with Crippen LogP contribution in [0.1, 0.15) is 30.0 Å². The molecule has 8 heteroatoms. The van der Waals surface area contributed by atoms with E-state index in [1.807, 2.05) is 24.3 Å². The molecule has 1 fully saturated rings. The summed E-state index contributed by atoms with van der Waals surface area (Å²) in [6.07, 6.45) is 5.29. The van der Waals surface area contributed by atoms with Crippen LogP contribution in [-0.2, 0) is 6.54 Å². The topological polar surface area (TPSA) is 89.6 Å². The van der Waals surface area contributed by atoms with E-state index in [1.165, 1.54) is 0 Å². The van der Waals surface area contributed by atoms with Gasteiger partial charge >= 0.3 is 0 Å². The number of ether oxygens (including phenoxy) is 3. The first-order valence-corrected chi connectivity index (χ1v) is 10.6. The maximum Gasteiger partial charge on any atom is 0.251 e. The van der Waals surface area contributed by atoms with Gasteiger partial charge < -0.3 is 19.2 Å². The van der Waals surface area contributed by atoms with Crippen LogP contribution >= 0.6 is 0 Å². The second-order valence-corrected chi connectivity index (χ2v) is 7.84. The van der Waals surface area contributed by atoms with Crippen LogP contribution in [0.2, 0.25) is 0 Å². The second-order valence-electron chi connectivity index (χ2n) is 7.84. The fourth-order valence-corrected chi connectivity index (χ4v) is 4.20. The maximum atomic E-state index is 12.2. The van der Waals surface area contributed by atoms with Crippen molar-refractivity contribution >= 4 is 0 Å². The zero-order valence-corrected chi connectivity index (χ0v) is 18.6. The second kappa shape index (κ2) is 9.82. The molecule has 3 aromatic rings. The van der Waals surface area contributed by atoms with E-state index in [2.05, 4.69) is 14.9 Å². The van der Waals surface area contributed by atoms with Crippen LogP contribution in [0.3, 0.4) is 0 Å². The number of piperidine rings is 1. The lowest BCUT2D eigenvalue weighted by Gasteiger charge is -2.32. The van der Waals surface area contributed by atoms with Crippen LogP contribution in [0.25, 0.3) is 11.4 Å². The van der Waals surface area contributed by atoms with Gasteiger partial charge in [0.05, 0.1) is 27.0 Å². The summed E-state index contributed by atoms with van der Waals surface area (Å²) in [6, 6.07) is 9.34. The van der Waals surface area contributed by atoms with Gasteiger partial charge in [-0.2, -0.15) is 0 Å². The van der Waals surface area contributed by atoms with Gasteiger partial charge in [0.1, 0.15) is 5.82 Å². The van der Waals surface area contributed by atoms with Crippen molar-refractivity contribution in [2.45, 2.75) is 25.3 Å². The van der Waals surface area contributed by atoms with Crippen molar-refractivity contribution in [3.05, 3.63) is 64.3 Å². The van der Waals surface area contributed by atoms with Crippen molar-refractivity contribution in [2.75, 3.05) is 34.4 Å². The molecule has 2 aromatic heterocycles. The summed E-state index contributed by atoms with van der Waals surface area (Å²) in [4.78, 5) is 26.3. The molecule has 1 aliphatic rings. The lowest BCUT2D eigenvalue weighted by molar-refractivity contribution is 0.202. The Morgan fingerprint density at radius 1 is 1.06 bits per heavy atom. The number of methoxy groups -OCH3 is 3. The molecule has 168 valence electrons. The summed E-state index contributed by atoms with van der Waals surface area (Å²) in [5, 5.41) is 0. The summed E-state index contributed by atoms with van der Waals surface area (Å²) >= 11 is 0. The molecule has 0 unspecified atom stereocenters. The minimum atomic E-state index is -0.131. The smallest absolute Gasteiger partial charge is 0.251 e. The zero-order chi connectivity index (χ0) is 22.5. The van der Waals surface area contributed by atoms with Gasteiger partial charge in [-0.25, -0.2) is 4.98 Å². The minimum absolute atomic E-state index is 0.131. The molecular weight excluding hydrogens is 408 g/mol. The molecule has 0 amide bonds. The number of hydrogen-bond acceptors (Lipinski definition) is 7. The molecule has 0 aliphatic carbocycles. The Kier molecular flexibility index (Phi) is 6.70. The summed E-state index contributed by atoms with van der Waals surface area (Å²) in [5.74, 6) is 2.74. The predicted molar refractivity (Wildman–Crippen MR) is 121 cm³/mol. The van der Waals surface area contributed by atoms with E-state index in [0.29, 0.717) is 23.1 Å². The fourth-order valence-electron chi connectivity index (χ4n) is 4.20. The normalized spacial score (nSPS) is 14.8. The Labute approximate surface area is 187 Å². The van der Waals surface area contributed by atoms with Crippen LogP contribution < -0.4 is 19.8 Å². The Morgan fingerprint density at radius 3 is 2.38 bits per heavy atom. The molecule has 0 bridgehead atoms. The van der Waals surface area contributed by atoms with Gasteiger partial charge in [0, 0.05) is 36.5 Å². The minimum Gasteiger partial charge on any atom is -0.493 e. The van der Waals surface area contributed by atoms with Crippen molar-refractivity contribution in [1.29, 1.82) is 0 Å². The van der Waals surface area contributed by atoms with Gasteiger partial charge in [0.25, 0.3) is 5.56 Å². The monoisotopic (exact) mass is 436 g/mol.